The van der Waals surface area contributed by atoms with E-state index in [2.05, 4.69) is 51.1 Å². The third-order valence-corrected chi connectivity index (χ3v) is 8.78. The van der Waals surface area contributed by atoms with Gasteiger partial charge in [0.2, 0.25) is 0 Å². The number of carboxylic acid groups (broad SMARTS) is 1. The largest absolute Gasteiger partial charge is 0.465 e. The molecule has 0 saturated heterocycles. The number of nitrogens with zero attached hydrogens (tertiary/aromatic N) is 4. The molecule has 0 aliphatic heterocycles. The molecule has 0 unspecified atom stereocenters. The Kier molecular flexibility index (Phi) is 7.64. The van der Waals surface area contributed by atoms with Crippen molar-refractivity contribution in [1.29, 1.82) is 5.41 Å². The highest BCUT2D eigenvalue weighted by molar-refractivity contribution is 7.99. The molecule has 1 amide bonds. The molecule has 2 aromatic heterocycles. The van der Waals surface area contributed by atoms with Crippen molar-refractivity contribution in [2.45, 2.75) is 81.4 Å². The Morgan fingerprint density at radius 2 is 1.86 bits per heavy atom. The van der Waals surface area contributed by atoms with Gasteiger partial charge in [-0.2, -0.15) is 0 Å². The number of nitrogens with one attached hydrogen (secondary N) is 3. The zero-order valence-electron chi connectivity index (χ0n) is 21.4. The van der Waals surface area contributed by atoms with Gasteiger partial charge in [-0.25, -0.2) is 19.7 Å². The van der Waals surface area contributed by atoms with Crippen molar-refractivity contribution in [1.82, 2.24) is 24.8 Å². The first-order chi connectivity index (χ1) is 17.9. The minimum absolute atomic E-state index is 0.0191. The van der Waals surface area contributed by atoms with Gasteiger partial charge in [-0.3, -0.25) is 10.7 Å². The number of imidazole rings is 1. The van der Waals surface area contributed by atoms with E-state index in [1.54, 1.807) is 11.8 Å². The van der Waals surface area contributed by atoms with Crippen LogP contribution in [-0.2, 0) is 6.54 Å². The lowest BCUT2D eigenvalue weighted by atomic mass is 9.80. The normalized spacial score (nSPS) is 20.8. The van der Waals surface area contributed by atoms with Crippen LogP contribution in [0.4, 0.5) is 10.6 Å². The van der Waals surface area contributed by atoms with E-state index in [9.17, 15) is 4.79 Å². The highest BCUT2D eigenvalue weighted by Crippen LogP contribution is 2.37. The first-order valence-corrected chi connectivity index (χ1v) is 14.1. The van der Waals surface area contributed by atoms with Gasteiger partial charge in [-0.15, -0.1) is 0 Å². The van der Waals surface area contributed by atoms with Crippen LogP contribution < -0.4 is 10.6 Å². The summed E-state index contributed by atoms with van der Waals surface area (Å²) in [4.78, 5) is 26.4. The number of benzene rings is 1. The topological polar surface area (TPSA) is 129 Å². The molecule has 37 heavy (non-hydrogen) atoms. The number of fused-ring (bicyclic) bond motifs is 1. The van der Waals surface area contributed by atoms with Crippen LogP contribution in [-0.4, -0.2) is 42.6 Å². The van der Waals surface area contributed by atoms with Crippen LogP contribution in [0.25, 0.3) is 11.2 Å². The molecule has 9 nitrogen and oxygen atoms in total. The number of aromatic nitrogens is 4. The number of anilines is 1. The van der Waals surface area contributed by atoms with E-state index in [0.717, 1.165) is 28.0 Å². The van der Waals surface area contributed by atoms with Crippen molar-refractivity contribution in [3.05, 3.63) is 36.2 Å². The molecule has 2 fully saturated rings. The molecule has 5 rings (SSSR count). The number of amides is 1. The Morgan fingerprint density at radius 1 is 1.14 bits per heavy atom. The lowest BCUT2D eigenvalue weighted by molar-refractivity contribution is 0.200. The quantitative estimate of drug-likeness (QED) is 0.211. The van der Waals surface area contributed by atoms with Crippen molar-refractivity contribution in [2.24, 2.45) is 17.8 Å². The molecule has 2 aliphatic carbocycles. The molecule has 0 bridgehead atoms. The summed E-state index contributed by atoms with van der Waals surface area (Å²) in [5, 5.41) is 23.9. The predicted molar refractivity (Wildman–Crippen MR) is 145 cm³/mol. The van der Waals surface area contributed by atoms with Gasteiger partial charge in [0.25, 0.3) is 0 Å². The minimum Gasteiger partial charge on any atom is -0.465 e. The molecule has 2 saturated carbocycles. The van der Waals surface area contributed by atoms with Gasteiger partial charge in [-0.1, -0.05) is 56.1 Å². The van der Waals surface area contributed by atoms with Crippen LogP contribution in [0.5, 0.6) is 0 Å². The minimum atomic E-state index is -1.32. The molecule has 10 heteroatoms. The highest BCUT2D eigenvalue weighted by atomic mass is 32.2. The van der Waals surface area contributed by atoms with Crippen molar-refractivity contribution in [3.8, 4) is 0 Å². The van der Waals surface area contributed by atoms with Gasteiger partial charge in [0.15, 0.2) is 28.3 Å². The second kappa shape index (κ2) is 11.1. The average Bonchev–Trinajstić information content (AvgIpc) is 3.16. The Bertz CT molecular complexity index is 1270. The summed E-state index contributed by atoms with van der Waals surface area (Å²) in [6, 6.07) is 10.4. The summed E-state index contributed by atoms with van der Waals surface area (Å²) in [6.07, 6.45) is 7.13. The summed E-state index contributed by atoms with van der Waals surface area (Å²) in [5.74, 6) is 2.17. The smallest absolute Gasteiger partial charge is 0.410 e. The van der Waals surface area contributed by atoms with Gasteiger partial charge in [0.1, 0.15) is 5.52 Å². The molecule has 1 atom stereocenters. The maximum absolute atomic E-state index is 11.2. The van der Waals surface area contributed by atoms with Crippen LogP contribution in [0, 0.1) is 23.2 Å². The van der Waals surface area contributed by atoms with E-state index in [0.29, 0.717) is 23.3 Å². The van der Waals surface area contributed by atoms with E-state index in [1.165, 1.54) is 44.9 Å². The third-order valence-electron chi connectivity index (χ3n) is 7.77. The zero-order chi connectivity index (χ0) is 25.9. The van der Waals surface area contributed by atoms with Gasteiger partial charge in [0.05, 0.1) is 0 Å². The zero-order valence-corrected chi connectivity index (χ0v) is 22.2. The lowest BCUT2D eigenvalue weighted by Crippen LogP contribution is -2.33. The highest BCUT2D eigenvalue weighted by Gasteiger charge is 2.28. The average molecular weight is 522 g/mol. The van der Waals surface area contributed by atoms with Crippen molar-refractivity contribution >= 4 is 40.7 Å². The summed E-state index contributed by atoms with van der Waals surface area (Å²) in [5.41, 5.74) is 1.31. The summed E-state index contributed by atoms with van der Waals surface area (Å²) < 4.78 is 2.25. The summed E-state index contributed by atoms with van der Waals surface area (Å²) >= 11 is 1.60. The molecular weight excluding hydrogens is 486 g/mol. The second-order valence-corrected chi connectivity index (χ2v) is 11.6. The number of carbonyl (C=O) groups is 1. The van der Waals surface area contributed by atoms with Crippen molar-refractivity contribution < 1.29 is 9.90 Å². The molecule has 2 aliphatic rings. The molecule has 196 valence electrons. The van der Waals surface area contributed by atoms with Crippen LogP contribution in [0.3, 0.4) is 0 Å². The van der Waals surface area contributed by atoms with Crippen LogP contribution >= 0.6 is 11.8 Å². The number of amidine groups is 1. The molecule has 2 heterocycles. The first kappa shape index (κ1) is 25.5. The standard InChI is InChI=1S/C27H35N7O2S/c1-16-11-13-18(14-12-16)15-34-21-23(29-17(2)19-7-6-8-19)31-25(22(28)30-27(35)36)32-24(21)33-26(34)37-20-9-4-3-5-10-20/h3-5,9-10,16-19H,6-8,11-15H2,1-2H3,(H2,28,30)(H,35,36)(H,29,31,32)/t16?,17-,18?/m1/s1. The SMILES string of the molecule is CC1CCC(Cn2c(Sc3ccccc3)nc3nc(C(=N)NC(=O)O)nc(N[C@H](C)C4CCC4)c32)CC1. The molecule has 0 radical (unpaired) electrons. The fourth-order valence-corrected chi connectivity index (χ4v) is 6.19. The van der Waals surface area contributed by atoms with Crippen LogP contribution in [0.1, 0.15) is 64.6 Å². The number of rotatable bonds is 8. The maximum atomic E-state index is 11.2. The Hall–Kier alpha value is -3.14. The first-order valence-electron chi connectivity index (χ1n) is 13.2. The monoisotopic (exact) mass is 521 g/mol. The molecular formula is C27H35N7O2S. The van der Waals surface area contributed by atoms with Crippen molar-refractivity contribution in [3.63, 3.8) is 0 Å². The summed E-state index contributed by atoms with van der Waals surface area (Å²) in [6.45, 7) is 5.33. The Labute approximate surface area is 221 Å². The van der Waals surface area contributed by atoms with Gasteiger partial charge < -0.3 is 15.0 Å². The number of hydrogen-bond acceptors (Lipinski definition) is 7. The van der Waals surface area contributed by atoms with Gasteiger partial charge in [-0.05, 0) is 62.5 Å². The Balaban J connectivity index is 1.59. The fraction of sp³-hybridized carbons (Fsp3) is 0.519. The number of hydrogen-bond donors (Lipinski definition) is 4. The second-order valence-electron chi connectivity index (χ2n) is 10.5. The van der Waals surface area contributed by atoms with Crippen molar-refractivity contribution in [2.75, 3.05) is 5.32 Å². The third kappa shape index (κ3) is 5.89. The van der Waals surface area contributed by atoms with E-state index in [1.807, 2.05) is 18.2 Å². The van der Waals surface area contributed by atoms with E-state index in [4.69, 9.17) is 15.5 Å². The summed E-state index contributed by atoms with van der Waals surface area (Å²) in [7, 11) is 0. The van der Waals surface area contributed by atoms with E-state index in [-0.39, 0.29) is 17.7 Å². The predicted octanol–water partition coefficient (Wildman–Crippen LogP) is 6.00. The van der Waals surface area contributed by atoms with E-state index >= 15 is 0 Å². The van der Waals surface area contributed by atoms with Gasteiger partial charge >= 0.3 is 6.09 Å². The maximum Gasteiger partial charge on any atom is 0.410 e. The lowest BCUT2D eigenvalue weighted by Gasteiger charge is -2.32. The molecule has 1 aromatic carbocycles. The molecule has 0 spiro atoms. The van der Waals surface area contributed by atoms with Crippen LogP contribution in [0.2, 0.25) is 0 Å². The Morgan fingerprint density at radius 3 is 2.51 bits per heavy atom. The molecule has 4 N–H and O–H groups in total. The van der Waals surface area contributed by atoms with E-state index < -0.39 is 6.09 Å². The molecule has 3 aromatic rings. The van der Waals surface area contributed by atoms with Gasteiger partial charge in [0, 0.05) is 17.5 Å². The van der Waals surface area contributed by atoms with Crippen LogP contribution in [0.15, 0.2) is 40.4 Å². The fourth-order valence-electron chi connectivity index (χ4n) is 5.28.